The van der Waals surface area contributed by atoms with Crippen LogP contribution in [0.25, 0.3) is 0 Å². The fraction of sp³-hybridized carbons (Fsp3) is 1.00. The van der Waals surface area contributed by atoms with Crippen molar-refractivity contribution in [3.8, 4) is 0 Å². The van der Waals surface area contributed by atoms with Crippen LogP contribution in [0.2, 0.25) is 0 Å². The van der Waals surface area contributed by atoms with E-state index in [2.05, 4.69) is 19.2 Å². The van der Waals surface area contributed by atoms with Gasteiger partial charge in [-0.2, -0.15) is 0 Å². The highest BCUT2D eigenvalue weighted by molar-refractivity contribution is 4.78. The quantitative estimate of drug-likeness (QED) is 0.516. The molecular weight excluding hydrogens is 210 g/mol. The monoisotopic (exact) mass is 241 g/mol. The van der Waals surface area contributed by atoms with Crippen molar-refractivity contribution in [3.63, 3.8) is 0 Å². The van der Waals surface area contributed by atoms with Gasteiger partial charge in [0.15, 0.2) is 0 Å². The molecule has 1 N–H and O–H groups in total. The molecule has 1 aliphatic carbocycles. The molecule has 2 nitrogen and oxygen atoms in total. The summed E-state index contributed by atoms with van der Waals surface area (Å²) in [6, 6.07) is 0.735. The Hall–Kier alpha value is -0.0800. The highest BCUT2D eigenvalue weighted by atomic mass is 16.5. The minimum Gasteiger partial charge on any atom is -0.382 e. The number of hydrogen-bond acceptors (Lipinski definition) is 2. The maximum Gasteiger partial charge on any atom is 0.0466 e. The van der Waals surface area contributed by atoms with Gasteiger partial charge in [-0.1, -0.05) is 32.6 Å². The molecule has 0 amide bonds. The fourth-order valence-corrected chi connectivity index (χ4v) is 3.03. The van der Waals surface area contributed by atoms with E-state index in [1.165, 1.54) is 51.4 Å². The van der Waals surface area contributed by atoms with Gasteiger partial charge in [-0.3, -0.25) is 0 Å². The lowest BCUT2D eigenvalue weighted by Crippen LogP contribution is -2.36. The number of hydrogen-bond donors (Lipinski definition) is 1. The molecule has 0 aromatic carbocycles. The van der Waals surface area contributed by atoms with Crippen molar-refractivity contribution in [2.24, 2.45) is 5.92 Å². The standard InChI is InChI=1S/C15H31NO/c1-3-16-15(12-9-13-17-4-2)14-10-7-5-6-8-11-14/h14-16H,3-13H2,1-2H3. The molecule has 1 aliphatic rings. The Labute approximate surface area is 108 Å². The molecule has 1 atom stereocenters. The van der Waals surface area contributed by atoms with E-state index in [9.17, 15) is 0 Å². The van der Waals surface area contributed by atoms with E-state index >= 15 is 0 Å². The summed E-state index contributed by atoms with van der Waals surface area (Å²) >= 11 is 0. The van der Waals surface area contributed by atoms with E-state index in [0.717, 1.165) is 31.7 Å². The normalized spacial score (nSPS) is 20.1. The van der Waals surface area contributed by atoms with Crippen LogP contribution in [-0.2, 0) is 4.74 Å². The van der Waals surface area contributed by atoms with Gasteiger partial charge in [0.05, 0.1) is 0 Å². The highest BCUT2D eigenvalue weighted by Crippen LogP contribution is 2.27. The number of nitrogens with one attached hydrogen (secondary N) is 1. The minimum atomic E-state index is 0.735. The maximum atomic E-state index is 5.45. The molecule has 0 aliphatic heterocycles. The van der Waals surface area contributed by atoms with Crippen LogP contribution in [0.1, 0.15) is 65.2 Å². The van der Waals surface area contributed by atoms with Crippen molar-refractivity contribution in [2.45, 2.75) is 71.3 Å². The van der Waals surface area contributed by atoms with Crippen molar-refractivity contribution in [1.82, 2.24) is 5.32 Å². The van der Waals surface area contributed by atoms with Crippen LogP contribution in [-0.4, -0.2) is 25.8 Å². The Morgan fingerprint density at radius 3 is 2.41 bits per heavy atom. The predicted octanol–water partition coefficient (Wildman–Crippen LogP) is 3.75. The molecule has 1 fully saturated rings. The lowest BCUT2D eigenvalue weighted by atomic mass is 9.89. The van der Waals surface area contributed by atoms with Gasteiger partial charge in [0.1, 0.15) is 0 Å². The van der Waals surface area contributed by atoms with Gasteiger partial charge < -0.3 is 10.1 Å². The van der Waals surface area contributed by atoms with Crippen LogP contribution in [0.15, 0.2) is 0 Å². The van der Waals surface area contributed by atoms with Crippen molar-refractivity contribution in [2.75, 3.05) is 19.8 Å². The van der Waals surface area contributed by atoms with Gasteiger partial charge >= 0.3 is 0 Å². The van der Waals surface area contributed by atoms with Gasteiger partial charge in [0, 0.05) is 19.3 Å². The van der Waals surface area contributed by atoms with E-state index in [-0.39, 0.29) is 0 Å². The SMILES string of the molecule is CCNC(CCCOCC)C1CCCCCC1. The summed E-state index contributed by atoms with van der Waals surface area (Å²) in [6.07, 6.45) is 11.2. The maximum absolute atomic E-state index is 5.45. The van der Waals surface area contributed by atoms with Gasteiger partial charge in [-0.05, 0) is 45.1 Å². The summed E-state index contributed by atoms with van der Waals surface area (Å²) in [5, 5.41) is 3.70. The molecule has 102 valence electrons. The van der Waals surface area contributed by atoms with Crippen LogP contribution in [0.4, 0.5) is 0 Å². The summed E-state index contributed by atoms with van der Waals surface area (Å²) in [5.41, 5.74) is 0. The summed E-state index contributed by atoms with van der Waals surface area (Å²) in [5.74, 6) is 0.916. The largest absolute Gasteiger partial charge is 0.382 e. The van der Waals surface area contributed by atoms with Crippen LogP contribution in [0.3, 0.4) is 0 Å². The molecule has 0 aromatic rings. The molecule has 0 radical (unpaired) electrons. The van der Waals surface area contributed by atoms with Crippen molar-refractivity contribution in [1.29, 1.82) is 0 Å². The second-order valence-electron chi connectivity index (χ2n) is 5.25. The van der Waals surface area contributed by atoms with E-state index in [1.54, 1.807) is 0 Å². The second-order valence-corrected chi connectivity index (χ2v) is 5.25. The third kappa shape index (κ3) is 6.42. The third-order valence-corrected chi connectivity index (χ3v) is 3.94. The Morgan fingerprint density at radius 2 is 1.82 bits per heavy atom. The first-order valence-electron chi connectivity index (χ1n) is 7.69. The topological polar surface area (TPSA) is 21.3 Å². The molecule has 0 heterocycles. The van der Waals surface area contributed by atoms with Crippen LogP contribution < -0.4 is 5.32 Å². The van der Waals surface area contributed by atoms with Crippen LogP contribution in [0.5, 0.6) is 0 Å². The van der Waals surface area contributed by atoms with Crippen molar-refractivity contribution >= 4 is 0 Å². The zero-order valence-electron chi connectivity index (χ0n) is 11.8. The molecule has 0 saturated heterocycles. The molecule has 1 unspecified atom stereocenters. The van der Waals surface area contributed by atoms with Crippen molar-refractivity contribution < 1.29 is 4.74 Å². The van der Waals surface area contributed by atoms with Crippen LogP contribution >= 0.6 is 0 Å². The molecule has 1 saturated carbocycles. The molecule has 0 spiro atoms. The van der Waals surface area contributed by atoms with Crippen molar-refractivity contribution in [3.05, 3.63) is 0 Å². The molecule has 2 heteroatoms. The summed E-state index contributed by atoms with van der Waals surface area (Å²) < 4.78 is 5.45. The van der Waals surface area contributed by atoms with E-state index in [4.69, 9.17) is 4.74 Å². The van der Waals surface area contributed by atoms with E-state index < -0.39 is 0 Å². The average Bonchev–Trinajstić information content (AvgIpc) is 2.62. The van der Waals surface area contributed by atoms with Gasteiger partial charge in [0.2, 0.25) is 0 Å². The van der Waals surface area contributed by atoms with E-state index in [0.29, 0.717) is 0 Å². The summed E-state index contributed by atoms with van der Waals surface area (Å²) in [4.78, 5) is 0. The lowest BCUT2D eigenvalue weighted by molar-refractivity contribution is 0.137. The molecular formula is C15H31NO. The average molecular weight is 241 g/mol. The molecule has 1 rings (SSSR count). The zero-order valence-corrected chi connectivity index (χ0v) is 11.8. The second kappa shape index (κ2) is 9.90. The molecule has 17 heavy (non-hydrogen) atoms. The Bertz CT molecular complexity index is 164. The van der Waals surface area contributed by atoms with E-state index in [1.807, 2.05) is 0 Å². The zero-order chi connectivity index (χ0) is 12.3. The number of rotatable bonds is 8. The number of ether oxygens (including phenoxy) is 1. The Balaban J connectivity index is 2.28. The first-order valence-corrected chi connectivity index (χ1v) is 7.69. The third-order valence-electron chi connectivity index (χ3n) is 3.94. The van der Waals surface area contributed by atoms with Crippen LogP contribution in [0, 0.1) is 5.92 Å². The first-order chi connectivity index (χ1) is 8.38. The summed E-state index contributed by atoms with van der Waals surface area (Å²) in [7, 11) is 0. The smallest absolute Gasteiger partial charge is 0.0466 e. The van der Waals surface area contributed by atoms with Gasteiger partial charge in [-0.15, -0.1) is 0 Å². The van der Waals surface area contributed by atoms with Gasteiger partial charge in [0.25, 0.3) is 0 Å². The first kappa shape index (κ1) is 15.0. The molecule has 0 aromatic heterocycles. The minimum absolute atomic E-state index is 0.735. The lowest BCUT2D eigenvalue weighted by Gasteiger charge is -2.27. The Kier molecular flexibility index (Phi) is 8.72. The molecule has 0 bridgehead atoms. The fourth-order valence-electron chi connectivity index (χ4n) is 3.03. The highest BCUT2D eigenvalue weighted by Gasteiger charge is 2.21. The Morgan fingerprint density at radius 1 is 1.12 bits per heavy atom. The summed E-state index contributed by atoms with van der Waals surface area (Å²) in [6.45, 7) is 7.20. The predicted molar refractivity (Wildman–Crippen MR) is 74.4 cm³/mol. The van der Waals surface area contributed by atoms with Gasteiger partial charge in [-0.25, -0.2) is 0 Å².